The van der Waals surface area contributed by atoms with Crippen molar-refractivity contribution in [3.8, 4) is 5.75 Å². The summed E-state index contributed by atoms with van der Waals surface area (Å²) >= 11 is 0. The van der Waals surface area contributed by atoms with Gasteiger partial charge in [-0.1, -0.05) is 25.0 Å². The van der Waals surface area contributed by atoms with E-state index in [1.165, 1.54) is 12.0 Å². The molecule has 2 rings (SSSR count). The van der Waals surface area contributed by atoms with Crippen LogP contribution in [0.5, 0.6) is 5.75 Å². The van der Waals surface area contributed by atoms with E-state index in [0.29, 0.717) is 18.3 Å². The van der Waals surface area contributed by atoms with Crippen molar-refractivity contribution in [2.24, 2.45) is 11.8 Å². The Morgan fingerprint density at radius 2 is 1.72 bits per heavy atom. The summed E-state index contributed by atoms with van der Waals surface area (Å²) in [7, 11) is -2.99. The summed E-state index contributed by atoms with van der Waals surface area (Å²) in [5.74, 6) is 2.39. The molecule has 1 saturated carbocycles. The molecule has 0 aromatic heterocycles. The van der Waals surface area contributed by atoms with Gasteiger partial charge >= 0.3 is 0 Å². The number of aryl methyl sites for hydroxylation is 1. The molecule has 3 nitrogen and oxygen atoms in total. The number of benzene rings is 1. The molecule has 0 heterocycles. The molecule has 0 aliphatic heterocycles. The fourth-order valence-electron chi connectivity index (χ4n) is 3.58. The van der Waals surface area contributed by atoms with Crippen molar-refractivity contribution in [1.82, 2.24) is 0 Å². The van der Waals surface area contributed by atoms with Crippen LogP contribution in [0.25, 0.3) is 0 Å². The molecule has 0 spiro atoms. The van der Waals surface area contributed by atoms with Gasteiger partial charge in [0, 0.05) is 0 Å². The van der Waals surface area contributed by atoms with Crippen LogP contribution in [0.2, 0.25) is 0 Å². The largest absolute Gasteiger partial charge is 0.494 e. The molecule has 4 heteroatoms. The monoisotopic (exact) mass is 366 g/mol. The van der Waals surface area contributed by atoms with Crippen LogP contribution < -0.4 is 4.74 Å². The number of sulfone groups is 1. The van der Waals surface area contributed by atoms with Gasteiger partial charge in [0.1, 0.15) is 5.75 Å². The second-order valence-electron chi connectivity index (χ2n) is 8.40. The maximum atomic E-state index is 12.4. The summed E-state index contributed by atoms with van der Waals surface area (Å²) in [5, 5.41) is 0. The molecular formula is C21H34O3S. The number of hydrogen-bond acceptors (Lipinski definition) is 3. The highest BCUT2D eigenvalue weighted by molar-refractivity contribution is 7.92. The lowest BCUT2D eigenvalue weighted by Gasteiger charge is -2.30. The fraction of sp³-hybridized carbons (Fsp3) is 0.714. The lowest BCUT2D eigenvalue weighted by molar-refractivity contribution is 0.278. The topological polar surface area (TPSA) is 43.4 Å². The molecule has 0 unspecified atom stereocenters. The lowest BCUT2D eigenvalue weighted by Crippen LogP contribution is -2.34. The Morgan fingerprint density at radius 1 is 1.08 bits per heavy atom. The highest BCUT2D eigenvalue weighted by Gasteiger charge is 2.33. The molecule has 1 aromatic rings. The van der Waals surface area contributed by atoms with Crippen molar-refractivity contribution in [2.45, 2.75) is 71.0 Å². The highest BCUT2D eigenvalue weighted by Crippen LogP contribution is 2.34. The van der Waals surface area contributed by atoms with E-state index < -0.39 is 14.6 Å². The van der Waals surface area contributed by atoms with Gasteiger partial charge in [-0.15, -0.1) is 0 Å². The van der Waals surface area contributed by atoms with E-state index >= 15 is 0 Å². The number of hydrogen-bond donors (Lipinski definition) is 0. The first-order chi connectivity index (χ1) is 11.7. The van der Waals surface area contributed by atoms with Crippen molar-refractivity contribution in [2.75, 3.05) is 12.4 Å². The van der Waals surface area contributed by atoms with Gasteiger partial charge in [-0.25, -0.2) is 8.42 Å². The van der Waals surface area contributed by atoms with Crippen LogP contribution >= 0.6 is 0 Å². The van der Waals surface area contributed by atoms with Crippen LogP contribution in [-0.2, 0) is 16.3 Å². The summed E-state index contributed by atoms with van der Waals surface area (Å²) in [6.45, 7) is 8.13. The summed E-state index contributed by atoms with van der Waals surface area (Å²) < 4.78 is 29.7. The van der Waals surface area contributed by atoms with E-state index in [4.69, 9.17) is 4.74 Å². The summed E-state index contributed by atoms with van der Waals surface area (Å²) in [6.07, 6.45) is 6.70. The van der Waals surface area contributed by atoms with Gasteiger partial charge in [-0.3, -0.25) is 0 Å². The molecular weight excluding hydrogens is 332 g/mol. The molecule has 0 radical (unpaired) electrons. The second-order valence-corrected chi connectivity index (χ2v) is 11.2. The van der Waals surface area contributed by atoms with Gasteiger partial charge < -0.3 is 4.74 Å². The summed E-state index contributed by atoms with van der Waals surface area (Å²) in [5.41, 5.74) is 1.34. The van der Waals surface area contributed by atoms with Crippen LogP contribution in [-0.4, -0.2) is 25.5 Å². The standard InChI is InChI=1S/C21H34O3S/c1-5-24-20-8-6-7-18(15-20)12-9-17-10-13-19(14-11-17)16-25(22,23)21(2,3)4/h6-8,15,17,19H,5,9-14,16H2,1-4H3. The van der Waals surface area contributed by atoms with Crippen molar-refractivity contribution < 1.29 is 13.2 Å². The molecule has 0 saturated heterocycles. The van der Waals surface area contributed by atoms with Gasteiger partial charge in [0.15, 0.2) is 9.84 Å². The Balaban J connectivity index is 1.78. The van der Waals surface area contributed by atoms with Crippen LogP contribution in [0, 0.1) is 11.8 Å². The van der Waals surface area contributed by atoms with Crippen LogP contribution in [0.4, 0.5) is 0 Å². The zero-order valence-corrected chi connectivity index (χ0v) is 17.1. The lowest BCUT2D eigenvalue weighted by atomic mass is 9.80. The molecule has 1 aromatic carbocycles. The van der Waals surface area contributed by atoms with Gasteiger partial charge in [0.25, 0.3) is 0 Å². The SMILES string of the molecule is CCOc1cccc(CCC2CCC(CS(=O)(=O)C(C)(C)C)CC2)c1. The minimum absolute atomic E-state index is 0.349. The number of rotatable bonds is 7. The molecule has 142 valence electrons. The molecule has 1 fully saturated rings. The predicted octanol–water partition coefficient (Wildman–Crippen LogP) is 5.04. The third kappa shape index (κ3) is 6.02. The maximum absolute atomic E-state index is 12.4. The zero-order chi connectivity index (χ0) is 18.5. The normalized spacial score (nSPS) is 21.9. The molecule has 25 heavy (non-hydrogen) atoms. The van der Waals surface area contributed by atoms with Crippen molar-refractivity contribution in [1.29, 1.82) is 0 Å². The minimum Gasteiger partial charge on any atom is -0.494 e. The fourth-order valence-corrected chi connectivity index (χ4v) is 5.03. The van der Waals surface area contributed by atoms with Crippen molar-refractivity contribution in [3.63, 3.8) is 0 Å². The third-order valence-electron chi connectivity index (χ3n) is 5.41. The molecule has 0 atom stereocenters. The van der Waals surface area contributed by atoms with E-state index in [9.17, 15) is 8.42 Å². The smallest absolute Gasteiger partial charge is 0.155 e. The Kier molecular flexibility index (Phi) is 6.95. The van der Waals surface area contributed by atoms with Gasteiger partial charge in [-0.05, 0) is 82.9 Å². The first kappa shape index (κ1) is 20.3. The van der Waals surface area contributed by atoms with Crippen LogP contribution in [0.3, 0.4) is 0 Å². The second kappa shape index (κ2) is 8.57. The average molecular weight is 367 g/mol. The maximum Gasteiger partial charge on any atom is 0.155 e. The highest BCUT2D eigenvalue weighted by atomic mass is 32.2. The van der Waals surface area contributed by atoms with E-state index in [2.05, 4.69) is 18.2 Å². The quantitative estimate of drug-likeness (QED) is 0.679. The van der Waals surface area contributed by atoms with Crippen molar-refractivity contribution in [3.05, 3.63) is 29.8 Å². The first-order valence-electron chi connectivity index (χ1n) is 9.65. The third-order valence-corrected chi connectivity index (χ3v) is 8.18. The van der Waals surface area contributed by atoms with Crippen LogP contribution in [0.15, 0.2) is 24.3 Å². The Labute approximate surface area is 154 Å². The Bertz CT molecular complexity index is 635. The number of ether oxygens (including phenoxy) is 1. The Morgan fingerprint density at radius 3 is 2.32 bits per heavy atom. The molecule has 0 amide bonds. The molecule has 1 aliphatic rings. The van der Waals surface area contributed by atoms with Crippen molar-refractivity contribution >= 4 is 9.84 Å². The van der Waals surface area contributed by atoms with E-state index in [1.54, 1.807) is 0 Å². The van der Waals surface area contributed by atoms with Gasteiger partial charge in [0.05, 0.1) is 17.1 Å². The van der Waals surface area contributed by atoms with Crippen LogP contribution in [0.1, 0.15) is 65.4 Å². The molecule has 0 N–H and O–H groups in total. The van der Waals surface area contributed by atoms with E-state index in [1.807, 2.05) is 33.8 Å². The van der Waals surface area contributed by atoms with Gasteiger partial charge in [-0.2, -0.15) is 0 Å². The van der Waals surface area contributed by atoms with Gasteiger partial charge in [0.2, 0.25) is 0 Å². The predicted molar refractivity (Wildman–Crippen MR) is 105 cm³/mol. The van der Waals surface area contributed by atoms with E-state index in [0.717, 1.165) is 43.8 Å². The minimum atomic E-state index is -2.99. The first-order valence-corrected chi connectivity index (χ1v) is 11.3. The van der Waals surface area contributed by atoms with E-state index in [-0.39, 0.29) is 0 Å². The zero-order valence-electron chi connectivity index (χ0n) is 16.3. The summed E-state index contributed by atoms with van der Waals surface area (Å²) in [6, 6.07) is 8.39. The molecule has 1 aliphatic carbocycles. The molecule has 0 bridgehead atoms. The summed E-state index contributed by atoms with van der Waals surface area (Å²) in [4.78, 5) is 0. The Hall–Kier alpha value is -1.03. The average Bonchev–Trinajstić information content (AvgIpc) is 2.53.